The lowest BCUT2D eigenvalue weighted by Gasteiger charge is -2.07. The van der Waals surface area contributed by atoms with Gasteiger partial charge in [0.25, 0.3) is 11.8 Å². The Kier molecular flexibility index (Phi) is 6.54. The molecule has 0 aliphatic rings. The fourth-order valence-corrected chi connectivity index (χ4v) is 2.49. The van der Waals surface area contributed by atoms with Gasteiger partial charge in [0, 0.05) is 0 Å². The predicted octanol–water partition coefficient (Wildman–Crippen LogP) is 1.97. The number of furan rings is 1. The number of ether oxygens (including phenoxy) is 2. The lowest BCUT2D eigenvalue weighted by molar-refractivity contribution is -0.119. The first-order chi connectivity index (χ1) is 13.3. The van der Waals surface area contributed by atoms with Crippen molar-refractivity contribution in [1.82, 2.24) is 0 Å². The number of rotatable bonds is 7. The average molecular weight is 388 g/mol. The summed E-state index contributed by atoms with van der Waals surface area (Å²) in [5, 5.41) is 2.28. The summed E-state index contributed by atoms with van der Waals surface area (Å²) in [5.74, 6) is -3.49. The number of carbonyl (C=O) groups excluding carboxylic acids is 4. The van der Waals surface area contributed by atoms with Crippen LogP contribution in [0.1, 0.15) is 49.3 Å². The second-order valence-electron chi connectivity index (χ2n) is 5.76. The van der Waals surface area contributed by atoms with Gasteiger partial charge >= 0.3 is 11.9 Å². The number of nitrogens with two attached hydrogens (primary N) is 1. The minimum atomic E-state index is -0.980. The van der Waals surface area contributed by atoms with Gasteiger partial charge in [-0.25, -0.2) is 9.59 Å². The molecule has 0 fully saturated rings. The number of esters is 2. The van der Waals surface area contributed by atoms with Crippen molar-refractivity contribution in [1.29, 1.82) is 0 Å². The zero-order chi connectivity index (χ0) is 20.8. The third-order valence-corrected chi connectivity index (χ3v) is 3.76. The molecule has 28 heavy (non-hydrogen) atoms. The molecular formula is C19H20N2O7. The van der Waals surface area contributed by atoms with Crippen LogP contribution in [0.15, 0.2) is 28.7 Å². The number of aryl methyl sites for hydroxylation is 2. The van der Waals surface area contributed by atoms with Gasteiger partial charge in [0.2, 0.25) is 5.88 Å². The lowest BCUT2D eigenvalue weighted by Crippen LogP contribution is -2.23. The number of anilines is 1. The first-order valence-corrected chi connectivity index (χ1v) is 8.39. The van der Waals surface area contributed by atoms with Gasteiger partial charge in [-0.1, -0.05) is 18.2 Å². The van der Waals surface area contributed by atoms with Crippen molar-refractivity contribution >= 4 is 29.6 Å². The molecule has 1 aromatic carbocycles. The molecule has 2 rings (SSSR count). The molecule has 3 N–H and O–H groups in total. The highest BCUT2D eigenvalue weighted by molar-refractivity contribution is 6.10. The molecule has 0 unspecified atom stereocenters. The van der Waals surface area contributed by atoms with Crippen LogP contribution in [0.2, 0.25) is 0 Å². The molecule has 0 aliphatic heterocycles. The minimum absolute atomic E-state index is 0.0551. The van der Waals surface area contributed by atoms with E-state index in [0.29, 0.717) is 11.1 Å². The number of primary amides is 1. The van der Waals surface area contributed by atoms with E-state index in [2.05, 4.69) is 5.32 Å². The maximum absolute atomic E-state index is 12.1. The Morgan fingerprint density at radius 1 is 1.04 bits per heavy atom. The molecule has 0 spiro atoms. The van der Waals surface area contributed by atoms with E-state index in [0.717, 1.165) is 0 Å². The predicted molar refractivity (Wildman–Crippen MR) is 98.0 cm³/mol. The molecule has 0 radical (unpaired) electrons. The highest BCUT2D eigenvalue weighted by Crippen LogP contribution is 2.27. The molecule has 1 heterocycles. The Labute approximate surface area is 160 Å². The summed E-state index contributed by atoms with van der Waals surface area (Å²) < 4.78 is 15.1. The largest absolute Gasteiger partial charge is 0.462 e. The first kappa shape index (κ1) is 20.7. The van der Waals surface area contributed by atoms with Crippen molar-refractivity contribution in [3.8, 4) is 0 Å². The number of nitrogens with one attached hydrogen (secondary N) is 1. The highest BCUT2D eigenvalue weighted by Gasteiger charge is 2.29. The highest BCUT2D eigenvalue weighted by atomic mass is 16.5. The van der Waals surface area contributed by atoms with E-state index in [4.69, 9.17) is 19.6 Å². The van der Waals surface area contributed by atoms with E-state index in [1.807, 2.05) is 0 Å². The molecule has 0 bridgehead atoms. The Morgan fingerprint density at radius 2 is 1.71 bits per heavy atom. The van der Waals surface area contributed by atoms with Crippen molar-refractivity contribution in [3.05, 3.63) is 52.3 Å². The van der Waals surface area contributed by atoms with Crippen LogP contribution in [0.25, 0.3) is 0 Å². The van der Waals surface area contributed by atoms with Crippen molar-refractivity contribution in [3.63, 3.8) is 0 Å². The van der Waals surface area contributed by atoms with E-state index >= 15 is 0 Å². The van der Waals surface area contributed by atoms with Gasteiger partial charge in [0.1, 0.15) is 16.9 Å². The van der Waals surface area contributed by atoms with Crippen LogP contribution in [0.5, 0.6) is 0 Å². The molecule has 2 amide bonds. The summed E-state index contributed by atoms with van der Waals surface area (Å²) in [4.78, 5) is 47.9. The first-order valence-electron chi connectivity index (χ1n) is 8.39. The minimum Gasteiger partial charge on any atom is -0.462 e. The molecule has 1 aromatic heterocycles. The Balaban J connectivity index is 2.12. The van der Waals surface area contributed by atoms with Gasteiger partial charge in [-0.15, -0.1) is 0 Å². The van der Waals surface area contributed by atoms with Crippen LogP contribution in [0, 0.1) is 13.8 Å². The topological polar surface area (TPSA) is 138 Å². The third kappa shape index (κ3) is 4.56. The van der Waals surface area contributed by atoms with Crippen LogP contribution in [-0.2, 0) is 14.3 Å². The summed E-state index contributed by atoms with van der Waals surface area (Å²) in [5.41, 5.74) is 5.86. The second-order valence-corrected chi connectivity index (χ2v) is 5.76. The number of amides is 2. The zero-order valence-corrected chi connectivity index (χ0v) is 15.7. The number of hydrogen-bond acceptors (Lipinski definition) is 7. The fraction of sp³-hybridized carbons (Fsp3) is 0.263. The van der Waals surface area contributed by atoms with Crippen LogP contribution in [0.4, 0.5) is 5.88 Å². The van der Waals surface area contributed by atoms with E-state index < -0.39 is 30.4 Å². The summed E-state index contributed by atoms with van der Waals surface area (Å²) in [6.07, 6.45) is 0. The maximum Gasteiger partial charge on any atom is 0.342 e. The quantitative estimate of drug-likeness (QED) is 0.692. The van der Waals surface area contributed by atoms with Crippen molar-refractivity contribution < 1.29 is 33.1 Å². The normalized spacial score (nSPS) is 10.2. The van der Waals surface area contributed by atoms with Gasteiger partial charge in [-0.2, -0.15) is 0 Å². The average Bonchev–Trinajstić information content (AvgIpc) is 2.96. The van der Waals surface area contributed by atoms with Crippen LogP contribution < -0.4 is 11.1 Å². The molecule has 2 aromatic rings. The van der Waals surface area contributed by atoms with Gasteiger partial charge in [-0.05, 0) is 32.4 Å². The standard InChI is InChI=1S/C19H20N2O7/c1-4-26-19(25)14-11(3)28-17(15(14)16(20)23)21-13(22)9-27-18(24)12-8-6-5-7-10(12)2/h5-8H,4,9H2,1-3H3,(H2,20,23)(H,21,22). The molecular weight excluding hydrogens is 368 g/mol. The van der Waals surface area contributed by atoms with Gasteiger partial charge < -0.3 is 19.6 Å². The SMILES string of the molecule is CCOC(=O)c1c(C)oc(NC(=O)COC(=O)c2ccccc2C)c1C(N)=O. The number of carbonyl (C=O) groups is 4. The maximum atomic E-state index is 12.1. The van der Waals surface area contributed by atoms with Crippen LogP contribution >= 0.6 is 0 Å². The van der Waals surface area contributed by atoms with E-state index in [9.17, 15) is 19.2 Å². The van der Waals surface area contributed by atoms with E-state index in [-0.39, 0.29) is 29.4 Å². The van der Waals surface area contributed by atoms with Gasteiger partial charge in [0.15, 0.2) is 6.61 Å². The number of benzene rings is 1. The zero-order valence-electron chi connectivity index (χ0n) is 15.7. The molecule has 9 nitrogen and oxygen atoms in total. The molecule has 148 valence electrons. The molecule has 0 aliphatic carbocycles. The molecule has 9 heteroatoms. The van der Waals surface area contributed by atoms with Crippen LogP contribution in [0.3, 0.4) is 0 Å². The van der Waals surface area contributed by atoms with Crippen molar-refractivity contribution in [2.45, 2.75) is 20.8 Å². The fourth-order valence-electron chi connectivity index (χ4n) is 2.49. The Morgan fingerprint density at radius 3 is 2.32 bits per heavy atom. The summed E-state index contributed by atoms with van der Waals surface area (Å²) in [6, 6.07) is 6.75. The second kappa shape index (κ2) is 8.85. The van der Waals surface area contributed by atoms with Crippen molar-refractivity contribution in [2.24, 2.45) is 5.73 Å². The molecule has 0 saturated heterocycles. The lowest BCUT2D eigenvalue weighted by atomic mass is 10.1. The van der Waals surface area contributed by atoms with E-state index in [1.165, 1.54) is 6.92 Å². The summed E-state index contributed by atoms with van der Waals surface area (Å²) in [6.45, 7) is 4.21. The summed E-state index contributed by atoms with van der Waals surface area (Å²) in [7, 11) is 0. The smallest absolute Gasteiger partial charge is 0.342 e. The van der Waals surface area contributed by atoms with Crippen molar-refractivity contribution in [2.75, 3.05) is 18.5 Å². The number of hydrogen-bond donors (Lipinski definition) is 2. The van der Waals surface area contributed by atoms with Gasteiger partial charge in [0.05, 0.1) is 12.2 Å². The monoisotopic (exact) mass is 388 g/mol. The molecule has 0 saturated carbocycles. The summed E-state index contributed by atoms with van der Waals surface area (Å²) >= 11 is 0. The Bertz CT molecular complexity index is 930. The third-order valence-electron chi connectivity index (χ3n) is 3.76. The van der Waals surface area contributed by atoms with Crippen LogP contribution in [-0.4, -0.2) is 37.0 Å². The van der Waals surface area contributed by atoms with Gasteiger partial charge in [-0.3, -0.25) is 14.9 Å². The Hall–Kier alpha value is -3.62. The van der Waals surface area contributed by atoms with E-state index in [1.54, 1.807) is 38.1 Å². The molecule has 0 atom stereocenters.